The molecule has 0 aliphatic carbocycles. The third-order valence-corrected chi connectivity index (χ3v) is 3.54. The number of hydrogen-bond acceptors (Lipinski definition) is 3. The minimum absolute atomic E-state index is 0.0560. The van der Waals surface area contributed by atoms with Crippen LogP contribution in [0.15, 0.2) is 30.3 Å². The van der Waals surface area contributed by atoms with Gasteiger partial charge in [-0.2, -0.15) is 0 Å². The molecule has 1 aromatic rings. The maximum absolute atomic E-state index is 11.6. The van der Waals surface area contributed by atoms with E-state index in [9.17, 15) is 4.79 Å². The van der Waals surface area contributed by atoms with Gasteiger partial charge in [0.25, 0.3) is 0 Å². The summed E-state index contributed by atoms with van der Waals surface area (Å²) in [6.07, 6.45) is 1.21. The summed E-state index contributed by atoms with van der Waals surface area (Å²) in [4.78, 5) is 11.6. The molecule has 1 rings (SSSR count). The van der Waals surface area contributed by atoms with Crippen LogP contribution in [0, 0.1) is 0 Å². The van der Waals surface area contributed by atoms with Crippen LogP contribution in [0.2, 0.25) is 0 Å². The minimum atomic E-state index is 0.0560. The summed E-state index contributed by atoms with van der Waals surface area (Å²) in [6, 6.07) is 9.74. The average molecular weight is 267 g/mol. The summed E-state index contributed by atoms with van der Waals surface area (Å²) in [7, 11) is 0. The van der Waals surface area contributed by atoms with Crippen molar-refractivity contribution in [2.45, 2.75) is 19.8 Å². The molecule has 1 N–H and O–H groups in total. The van der Waals surface area contributed by atoms with Gasteiger partial charge in [0, 0.05) is 17.2 Å². The first-order chi connectivity index (χ1) is 8.22. The number of hydrogen-bond donors (Lipinski definition) is 1. The summed E-state index contributed by atoms with van der Waals surface area (Å²) in [5.41, 5.74) is 1.04. The van der Waals surface area contributed by atoms with E-state index in [1.54, 1.807) is 11.8 Å². The molecular weight excluding hydrogens is 250 g/mol. The lowest BCUT2D eigenvalue weighted by Gasteiger charge is -2.05. The molecule has 0 heterocycles. The molecule has 0 radical (unpaired) electrons. The van der Waals surface area contributed by atoms with Crippen molar-refractivity contribution in [2.75, 3.05) is 12.3 Å². The van der Waals surface area contributed by atoms with Crippen molar-refractivity contribution in [3.8, 4) is 0 Å². The molecule has 0 saturated carbocycles. The molecular formula is C13H17NOS2. The highest BCUT2D eigenvalue weighted by Crippen LogP contribution is 2.06. The number of rotatable bonds is 6. The largest absolute Gasteiger partial charge is 0.355 e. The SMILES string of the molecule is CCSC(=S)CCNC(=O)Cc1ccccc1. The average Bonchev–Trinajstić information content (AvgIpc) is 2.30. The minimum Gasteiger partial charge on any atom is -0.355 e. The standard InChI is InChI=1S/C13H17NOS2/c1-2-17-13(16)8-9-14-12(15)10-11-6-4-3-5-7-11/h3-7H,2,8-10H2,1H3,(H,14,15). The third kappa shape index (κ3) is 6.44. The molecule has 0 spiro atoms. The Balaban J connectivity index is 2.20. The second-order valence-electron chi connectivity index (χ2n) is 3.57. The fourth-order valence-corrected chi connectivity index (χ4v) is 2.40. The number of nitrogens with one attached hydrogen (secondary N) is 1. The van der Waals surface area contributed by atoms with Gasteiger partial charge < -0.3 is 5.32 Å². The third-order valence-electron chi connectivity index (χ3n) is 2.16. The van der Waals surface area contributed by atoms with Crippen LogP contribution in [0.25, 0.3) is 0 Å². The van der Waals surface area contributed by atoms with Gasteiger partial charge in [-0.15, -0.1) is 11.8 Å². The Hall–Kier alpha value is -0.870. The van der Waals surface area contributed by atoms with Crippen molar-refractivity contribution in [2.24, 2.45) is 0 Å². The van der Waals surface area contributed by atoms with E-state index < -0.39 is 0 Å². The molecule has 0 unspecified atom stereocenters. The van der Waals surface area contributed by atoms with Crippen LogP contribution in [0.4, 0.5) is 0 Å². The molecule has 0 bridgehead atoms. The second-order valence-corrected chi connectivity index (χ2v) is 5.68. The van der Waals surface area contributed by atoms with Crippen molar-refractivity contribution in [3.63, 3.8) is 0 Å². The zero-order chi connectivity index (χ0) is 12.5. The zero-order valence-electron chi connectivity index (χ0n) is 9.94. The number of carbonyl (C=O) groups is 1. The van der Waals surface area contributed by atoms with Crippen LogP contribution >= 0.6 is 24.0 Å². The Kier molecular flexibility index (Phi) is 6.89. The maximum Gasteiger partial charge on any atom is 0.224 e. The highest BCUT2D eigenvalue weighted by atomic mass is 32.2. The monoisotopic (exact) mass is 267 g/mol. The molecule has 0 fully saturated rings. The van der Waals surface area contributed by atoms with Gasteiger partial charge in [0.05, 0.1) is 6.42 Å². The van der Waals surface area contributed by atoms with Gasteiger partial charge >= 0.3 is 0 Å². The van der Waals surface area contributed by atoms with Crippen molar-refractivity contribution >= 4 is 34.1 Å². The number of amides is 1. The molecule has 0 aliphatic rings. The molecule has 17 heavy (non-hydrogen) atoms. The van der Waals surface area contributed by atoms with Crippen molar-refractivity contribution < 1.29 is 4.79 Å². The van der Waals surface area contributed by atoms with E-state index in [1.165, 1.54) is 0 Å². The van der Waals surface area contributed by atoms with Crippen molar-refractivity contribution in [1.82, 2.24) is 5.32 Å². The predicted octanol–water partition coefficient (Wildman–Crippen LogP) is 2.82. The van der Waals surface area contributed by atoms with Gasteiger partial charge in [-0.25, -0.2) is 0 Å². The van der Waals surface area contributed by atoms with Gasteiger partial charge in [-0.1, -0.05) is 49.5 Å². The van der Waals surface area contributed by atoms with Crippen LogP contribution in [0.3, 0.4) is 0 Å². The predicted molar refractivity (Wildman–Crippen MR) is 78.5 cm³/mol. The van der Waals surface area contributed by atoms with Crippen molar-refractivity contribution in [3.05, 3.63) is 35.9 Å². The number of thiocarbonyl (C=S) groups is 1. The number of benzene rings is 1. The lowest BCUT2D eigenvalue weighted by atomic mass is 10.1. The molecule has 0 atom stereocenters. The topological polar surface area (TPSA) is 29.1 Å². The molecule has 92 valence electrons. The lowest BCUT2D eigenvalue weighted by molar-refractivity contribution is -0.120. The molecule has 0 saturated heterocycles. The van der Waals surface area contributed by atoms with Crippen LogP contribution in [-0.2, 0) is 11.2 Å². The van der Waals surface area contributed by atoms with E-state index >= 15 is 0 Å². The molecule has 1 amide bonds. The first-order valence-corrected chi connectivity index (χ1v) is 7.08. The molecule has 0 aliphatic heterocycles. The summed E-state index contributed by atoms with van der Waals surface area (Å²) in [5, 5.41) is 2.88. The first kappa shape index (κ1) is 14.2. The Morgan fingerprint density at radius 3 is 2.71 bits per heavy atom. The maximum atomic E-state index is 11.6. The molecule has 1 aromatic carbocycles. The van der Waals surface area contributed by atoms with Crippen LogP contribution in [0.5, 0.6) is 0 Å². The summed E-state index contributed by atoms with van der Waals surface area (Å²) in [6.45, 7) is 2.71. The van der Waals surface area contributed by atoms with E-state index in [0.29, 0.717) is 13.0 Å². The molecule has 0 aromatic heterocycles. The Morgan fingerprint density at radius 2 is 2.06 bits per heavy atom. The van der Waals surface area contributed by atoms with E-state index in [0.717, 1.165) is 21.9 Å². The van der Waals surface area contributed by atoms with Gasteiger partial charge in [-0.3, -0.25) is 4.79 Å². The van der Waals surface area contributed by atoms with E-state index in [2.05, 4.69) is 12.2 Å². The van der Waals surface area contributed by atoms with Gasteiger partial charge in [-0.05, 0) is 11.3 Å². The Labute approximate surface area is 112 Å². The van der Waals surface area contributed by atoms with E-state index in [-0.39, 0.29) is 5.91 Å². The molecule has 2 nitrogen and oxygen atoms in total. The van der Waals surface area contributed by atoms with Crippen LogP contribution in [-0.4, -0.2) is 22.4 Å². The Morgan fingerprint density at radius 1 is 1.35 bits per heavy atom. The molecule has 4 heteroatoms. The quantitative estimate of drug-likeness (QED) is 0.804. The van der Waals surface area contributed by atoms with Crippen molar-refractivity contribution in [1.29, 1.82) is 0 Å². The van der Waals surface area contributed by atoms with E-state index in [4.69, 9.17) is 12.2 Å². The van der Waals surface area contributed by atoms with Gasteiger partial charge in [0.1, 0.15) is 0 Å². The smallest absolute Gasteiger partial charge is 0.224 e. The fraction of sp³-hybridized carbons (Fsp3) is 0.385. The first-order valence-electron chi connectivity index (χ1n) is 5.68. The van der Waals surface area contributed by atoms with E-state index in [1.807, 2.05) is 30.3 Å². The normalized spacial score (nSPS) is 9.94. The highest BCUT2D eigenvalue weighted by molar-refractivity contribution is 8.23. The number of carbonyl (C=O) groups excluding carboxylic acids is 1. The van der Waals surface area contributed by atoms with Crippen LogP contribution in [0.1, 0.15) is 18.9 Å². The highest BCUT2D eigenvalue weighted by Gasteiger charge is 2.03. The summed E-state index contributed by atoms with van der Waals surface area (Å²) in [5.74, 6) is 1.05. The second kappa shape index (κ2) is 8.25. The fourth-order valence-electron chi connectivity index (χ4n) is 1.38. The van der Waals surface area contributed by atoms with Crippen LogP contribution < -0.4 is 5.32 Å². The lowest BCUT2D eigenvalue weighted by Crippen LogP contribution is -2.26. The summed E-state index contributed by atoms with van der Waals surface area (Å²) >= 11 is 6.81. The zero-order valence-corrected chi connectivity index (χ0v) is 11.6. The number of thioether (sulfide) groups is 1. The summed E-state index contributed by atoms with van der Waals surface area (Å²) < 4.78 is 0.965. The van der Waals surface area contributed by atoms with Gasteiger partial charge in [0.2, 0.25) is 5.91 Å². The Bertz CT molecular complexity index is 365. The van der Waals surface area contributed by atoms with Gasteiger partial charge in [0.15, 0.2) is 0 Å².